The van der Waals surface area contributed by atoms with E-state index in [0.29, 0.717) is 11.7 Å². The van der Waals surface area contributed by atoms with E-state index in [1.54, 1.807) is 0 Å². The highest BCUT2D eigenvalue weighted by atomic mass is 35.5. The molecule has 0 bridgehead atoms. The largest absolute Gasteiger partial charge is 0.480 e. The van der Waals surface area contributed by atoms with Gasteiger partial charge in [-0.3, -0.25) is 9.59 Å². The molecule has 2 heterocycles. The van der Waals surface area contributed by atoms with Crippen LogP contribution >= 0.6 is 24.8 Å². The third-order valence-corrected chi connectivity index (χ3v) is 3.57. The summed E-state index contributed by atoms with van der Waals surface area (Å²) in [6.45, 7) is 2.88. The molecule has 2 atom stereocenters. The van der Waals surface area contributed by atoms with E-state index in [-0.39, 0.29) is 48.1 Å². The fourth-order valence-corrected chi connectivity index (χ4v) is 2.47. The number of nitrogens with one attached hydrogen (secondary N) is 2. The minimum atomic E-state index is -0.647. The fraction of sp³-hybridized carbons (Fsp3) is 0.500. The van der Waals surface area contributed by atoms with Crippen molar-refractivity contribution in [2.45, 2.75) is 25.8 Å². The van der Waals surface area contributed by atoms with Crippen molar-refractivity contribution in [1.82, 2.24) is 10.3 Å². The SMILES string of the molecule is COc1ncc(NC(=O)[C@H]2CCN[C@@H](C)C2)cc1C(N)=O.Cl.Cl. The van der Waals surface area contributed by atoms with Crippen LogP contribution < -0.4 is 21.1 Å². The van der Waals surface area contributed by atoms with Crippen LogP contribution in [0.25, 0.3) is 0 Å². The van der Waals surface area contributed by atoms with Gasteiger partial charge in [-0.1, -0.05) is 0 Å². The van der Waals surface area contributed by atoms with Crippen LogP contribution in [0.15, 0.2) is 12.3 Å². The highest BCUT2D eigenvalue weighted by Crippen LogP contribution is 2.21. The first-order valence-corrected chi connectivity index (χ1v) is 6.89. The number of aromatic nitrogens is 1. The lowest BCUT2D eigenvalue weighted by molar-refractivity contribution is -0.120. The van der Waals surface area contributed by atoms with Gasteiger partial charge in [0.1, 0.15) is 5.56 Å². The number of methoxy groups -OCH3 is 1. The lowest BCUT2D eigenvalue weighted by Crippen LogP contribution is -2.40. The zero-order chi connectivity index (χ0) is 15.4. The Bertz CT molecular complexity index is 557. The predicted octanol–water partition coefficient (Wildman–Crippen LogP) is 1.36. The van der Waals surface area contributed by atoms with Crippen molar-refractivity contribution in [2.24, 2.45) is 11.7 Å². The van der Waals surface area contributed by atoms with Gasteiger partial charge in [0.05, 0.1) is 19.0 Å². The van der Waals surface area contributed by atoms with Crippen molar-refractivity contribution < 1.29 is 14.3 Å². The summed E-state index contributed by atoms with van der Waals surface area (Å²) in [5.74, 6) is -0.604. The summed E-state index contributed by atoms with van der Waals surface area (Å²) >= 11 is 0. The van der Waals surface area contributed by atoms with Gasteiger partial charge in [0.25, 0.3) is 5.91 Å². The molecule has 0 saturated carbocycles. The van der Waals surface area contributed by atoms with Crippen LogP contribution in [-0.2, 0) is 4.79 Å². The van der Waals surface area contributed by atoms with Crippen LogP contribution in [0.2, 0.25) is 0 Å². The molecule has 1 aromatic rings. The van der Waals surface area contributed by atoms with Crippen molar-refractivity contribution >= 4 is 42.3 Å². The van der Waals surface area contributed by atoms with Gasteiger partial charge in [-0.05, 0) is 32.4 Å². The molecule has 9 heteroatoms. The number of primary amides is 1. The average molecular weight is 365 g/mol. The number of piperidine rings is 1. The summed E-state index contributed by atoms with van der Waals surface area (Å²) in [5.41, 5.74) is 5.86. The smallest absolute Gasteiger partial charge is 0.254 e. The number of nitrogens with two attached hydrogens (primary N) is 1. The number of halogens is 2. The number of nitrogens with zero attached hydrogens (tertiary/aromatic N) is 1. The molecule has 0 unspecified atom stereocenters. The first kappa shape index (κ1) is 21.4. The molecule has 0 spiro atoms. The van der Waals surface area contributed by atoms with E-state index in [0.717, 1.165) is 19.4 Å². The Labute approximate surface area is 147 Å². The van der Waals surface area contributed by atoms with Crippen LogP contribution in [0.3, 0.4) is 0 Å². The normalized spacial score (nSPS) is 19.7. The maximum Gasteiger partial charge on any atom is 0.254 e. The second kappa shape index (κ2) is 9.54. The number of carbonyl (C=O) groups excluding carboxylic acids is 2. The monoisotopic (exact) mass is 364 g/mol. The van der Waals surface area contributed by atoms with E-state index < -0.39 is 5.91 Å². The van der Waals surface area contributed by atoms with Gasteiger partial charge in [0.15, 0.2) is 0 Å². The molecule has 4 N–H and O–H groups in total. The lowest BCUT2D eigenvalue weighted by atomic mass is 9.92. The molecule has 130 valence electrons. The van der Waals surface area contributed by atoms with Crippen LogP contribution in [0.4, 0.5) is 5.69 Å². The Morgan fingerprint density at radius 1 is 1.43 bits per heavy atom. The molecule has 2 rings (SSSR count). The fourth-order valence-electron chi connectivity index (χ4n) is 2.47. The van der Waals surface area contributed by atoms with Gasteiger partial charge >= 0.3 is 0 Å². The van der Waals surface area contributed by atoms with Crippen LogP contribution in [-0.4, -0.2) is 36.5 Å². The molecular weight excluding hydrogens is 343 g/mol. The minimum Gasteiger partial charge on any atom is -0.480 e. The van der Waals surface area contributed by atoms with Crippen molar-refractivity contribution in [3.05, 3.63) is 17.8 Å². The lowest BCUT2D eigenvalue weighted by Gasteiger charge is -2.27. The van der Waals surface area contributed by atoms with Gasteiger partial charge < -0.3 is 21.1 Å². The van der Waals surface area contributed by atoms with Crippen molar-refractivity contribution in [1.29, 1.82) is 0 Å². The third kappa shape index (κ3) is 5.53. The third-order valence-electron chi connectivity index (χ3n) is 3.57. The number of ether oxygens (including phenoxy) is 1. The zero-order valence-electron chi connectivity index (χ0n) is 13.0. The van der Waals surface area contributed by atoms with E-state index in [9.17, 15) is 9.59 Å². The number of hydrogen-bond acceptors (Lipinski definition) is 5. The molecule has 7 nitrogen and oxygen atoms in total. The van der Waals surface area contributed by atoms with Gasteiger partial charge in [-0.2, -0.15) is 0 Å². The number of pyridine rings is 1. The Hall–Kier alpha value is -1.57. The van der Waals surface area contributed by atoms with E-state index in [1.165, 1.54) is 19.4 Å². The maximum absolute atomic E-state index is 12.2. The maximum atomic E-state index is 12.2. The Morgan fingerprint density at radius 3 is 2.70 bits per heavy atom. The molecular formula is C14H22Cl2N4O3. The average Bonchev–Trinajstić information content (AvgIpc) is 2.47. The second-order valence-electron chi connectivity index (χ2n) is 5.21. The molecule has 1 aliphatic rings. The molecule has 1 fully saturated rings. The van der Waals surface area contributed by atoms with E-state index >= 15 is 0 Å². The molecule has 0 aromatic carbocycles. The zero-order valence-corrected chi connectivity index (χ0v) is 14.6. The van der Waals surface area contributed by atoms with Crippen molar-refractivity contribution in [3.63, 3.8) is 0 Å². The summed E-state index contributed by atoms with van der Waals surface area (Å²) in [6, 6.07) is 1.81. The highest BCUT2D eigenvalue weighted by Gasteiger charge is 2.25. The Kier molecular flexibility index (Phi) is 8.89. The molecule has 1 saturated heterocycles. The number of rotatable bonds is 4. The topological polar surface area (TPSA) is 106 Å². The molecule has 1 aromatic heterocycles. The number of anilines is 1. The second-order valence-corrected chi connectivity index (χ2v) is 5.21. The summed E-state index contributed by atoms with van der Waals surface area (Å²) < 4.78 is 4.96. The predicted molar refractivity (Wildman–Crippen MR) is 92.6 cm³/mol. The molecule has 2 amide bonds. The van der Waals surface area contributed by atoms with Gasteiger partial charge in [-0.25, -0.2) is 4.98 Å². The highest BCUT2D eigenvalue weighted by molar-refractivity contribution is 5.98. The molecule has 23 heavy (non-hydrogen) atoms. The number of carbonyl (C=O) groups is 2. The van der Waals surface area contributed by atoms with Crippen LogP contribution in [0.5, 0.6) is 5.88 Å². The van der Waals surface area contributed by atoms with E-state index in [2.05, 4.69) is 22.5 Å². The number of amides is 2. The standard InChI is InChI=1S/C14H20N4O3.2ClH/c1-8-5-9(3-4-16-8)13(20)18-10-6-11(12(15)19)14(21-2)17-7-10;;/h6-9,16H,3-5H2,1-2H3,(H2,15,19)(H,18,20);2*1H/t8-,9-;;/m0../s1. The minimum absolute atomic E-state index is 0. The van der Waals surface area contributed by atoms with Gasteiger partial charge in [0.2, 0.25) is 11.8 Å². The van der Waals surface area contributed by atoms with E-state index in [4.69, 9.17) is 10.5 Å². The summed E-state index contributed by atoms with van der Waals surface area (Å²) in [6.07, 6.45) is 3.04. The molecule has 1 aliphatic heterocycles. The quantitative estimate of drug-likeness (QED) is 0.747. The van der Waals surface area contributed by atoms with E-state index in [1.807, 2.05) is 0 Å². The first-order chi connectivity index (χ1) is 10.0. The van der Waals surface area contributed by atoms with Crippen molar-refractivity contribution in [2.75, 3.05) is 19.0 Å². The van der Waals surface area contributed by atoms with Gasteiger partial charge in [-0.15, -0.1) is 24.8 Å². The first-order valence-electron chi connectivity index (χ1n) is 6.89. The van der Waals surface area contributed by atoms with Crippen LogP contribution in [0, 0.1) is 5.92 Å². The van der Waals surface area contributed by atoms with Gasteiger partial charge in [0, 0.05) is 12.0 Å². The van der Waals surface area contributed by atoms with Crippen molar-refractivity contribution in [3.8, 4) is 5.88 Å². The Morgan fingerprint density at radius 2 is 2.13 bits per heavy atom. The molecule has 0 radical (unpaired) electrons. The molecule has 0 aliphatic carbocycles. The summed E-state index contributed by atoms with van der Waals surface area (Å²) in [4.78, 5) is 27.6. The number of hydrogen-bond donors (Lipinski definition) is 3. The van der Waals surface area contributed by atoms with Crippen LogP contribution in [0.1, 0.15) is 30.1 Å². The summed E-state index contributed by atoms with van der Waals surface area (Å²) in [7, 11) is 1.41. The summed E-state index contributed by atoms with van der Waals surface area (Å²) in [5, 5.41) is 6.09. The Balaban J connectivity index is 0.00000242.